The van der Waals surface area contributed by atoms with Crippen molar-refractivity contribution in [1.29, 1.82) is 0 Å². The van der Waals surface area contributed by atoms with Crippen molar-refractivity contribution in [2.45, 2.75) is 20.8 Å². The lowest BCUT2D eigenvalue weighted by Crippen LogP contribution is -2.37. The van der Waals surface area contributed by atoms with E-state index in [2.05, 4.69) is 29.1 Å². The van der Waals surface area contributed by atoms with E-state index in [0.29, 0.717) is 18.3 Å². The first kappa shape index (κ1) is 15.5. The summed E-state index contributed by atoms with van der Waals surface area (Å²) in [6.45, 7) is 7.06. The third-order valence-electron chi connectivity index (χ3n) is 2.96. The SMILES string of the molecule is Cc1cc2c(N(C)CC(=O)NCC(C)C)nc(N)nc2s1. The summed E-state index contributed by atoms with van der Waals surface area (Å²) in [5, 5.41) is 3.83. The van der Waals surface area contributed by atoms with Gasteiger partial charge >= 0.3 is 0 Å². The number of likely N-dealkylation sites (N-methyl/N-ethyl adjacent to an activating group) is 1. The number of nitrogens with zero attached hydrogens (tertiary/aromatic N) is 3. The van der Waals surface area contributed by atoms with Crippen LogP contribution in [0.3, 0.4) is 0 Å². The molecule has 3 N–H and O–H groups in total. The second-order valence-electron chi connectivity index (χ2n) is 5.54. The van der Waals surface area contributed by atoms with Crippen LogP contribution in [0.25, 0.3) is 10.2 Å². The Morgan fingerprint density at radius 1 is 1.48 bits per heavy atom. The molecule has 2 rings (SSSR count). The van der Waals surface area contributed by atoms with Crippen LogP contribution in [0.2, 0.25) is 0 Å². The van der Waals surface area contributed by atoms with Crippen molar-refractivity contribution in [2.24, 2.45) is 5.92 Å². The zero-order valence-corrected chi connectivity index (χ0v) is 13.6. The molecule has 0 aliphatic rings. The third kappa shape index (κ3) is 3.81. The summed E-state index contributed by atoms with van der Waals surface area (Å²) in [4.78, 5) is 24.3. The molecule has 0 saturated carbocycles. The standard InChI is InChI=1S/C14H21N5OS/c1-8(2)6-16-11(20)7-19(4)12-10-5-9(3)21-13(10)18-14(15)17-12/h5,8H,6-7H2,1-4H3,(H,16,20)(H2,15,17,18). The fourth-order valence-electron chi connectivity index (χ4n) is 2.00. The Hall–Kier alpha value is -1.89. The number of rotatable bonds is 5. The van der Waals surface area contributed by atoms with Crippen LogP contribution in [0.1, 0.15) is 18.7 Å². The molecule has 0 radical (unpaired) electrons. The number of carbonyl (C=O) groups is 1. The first-order chi connectivity index (χ1) is 9.86. The lowest BCUT2D eigenvalue weighted by Gasteiger charge is -2.19. The van der Waals surface area contributed by atoms with Crippen molar-refractivity contribution in [3.8, 4) is 0 Å². The topological polar surface area (TPSA) is 84.1 Å². The molecule has 0 unspecified atom stereocenters. The molecule has 2 aromatic heterocycles. The van der Waals surface area contributed by atoms with Crippen LogP contribution in [0.5, 0.6) is 0 Å². The van der Waals surface area contributed by atoms with Crippen LogP contribution in [-0.4, -0.2) is 36.0 Å². The molecule has 0 fully saturated rings. The number of hydrogen-bond acceptors (Lipinski definition) is 6. The molecule has 6 nitrogen and oxygen atoms in total. The van der Waals surface area contributed by atoms with Crippen molar-refractivity contribution >= 4 is 39.2 Å². The summed E-state index contributed by atoms with van der Waals surface area (Å²) in [5.74, 6) is 1.33. The molecule has 7 heteroatoms. The molecule has 2 heterocycles. The quantitative estimate of drug-likeness (QED) is 0.880. The summed E-state index contributed by atoms with van der Waals surface area (Å²) in [7, 11) is 1.84. The number of hydrogen-bond donors (Lipinski definition) is 2. The van der Waals surface area contributed by atoms with Crippen molar-refractivity contribution in [3.63, 3.8) is 0 Å². The average Bonchev–Trinajstić information content (AvgIpc) is 2.75. The lowest BCUT2D eigenvalue weighted by molar-refractivity contribution is -0.119. The van der Waals surface area contributed by atoms with Gasteiger partial charge in [0.1, 0.15) is 10.6 Å². The highest BCUT2D eigenvalue weighted by Crippen LogP contribution is 2.30. The molecular formula is C14H21N5OS. The van der Waals surface area contributed by atoms with E-state index in [1.807, 2.05) is 24.9 Å². The Kier molecular flexibility index (Phi) is 4.62. The van der Waals surface area contributed by atoms with Gasteiger partial charge in [-0.1, -0.05) is 13.8 Å². The Bertz CT molecular complexity index is 652. The first-order valence-electron chi connectivity index (χ1n) is 6.88. The van der Waals surface area contributed by atoms with Gasteiger partial charge in [-0.3, -0.25) is 4.79 Å². The molecule has 21 heavy (non-hydrogen) atoms. The fraction of sp³-hybridized carbons (Fsp3) is 0.500. The Labute approximate surface area is 128 Å². The highest BCUT2D eigenvalue weighted by atomic mass is 32.1. The maximum atomic E-state index is 11.9. The number of thiophene rings is 1. The molecule has 0 aliphatic carbocycles. The van der Waals surface area contributed by atoms with Gasteiger partial charge in [-0.25, -0.2) is 4.98 Å². The van der Waals surface area contributed by atoms with E-state index < -0.39 is 0 Å². The number of aromatic nitrogens is 2. The highest BCUT2D eigenvalue weighted by molar-refractivity contribution is 7.18. The molecule has 0 aromatic carbocycles. The normalized spacial score (nSPS) is 11.1. The van der Waals surface area contributed by atoms with Crippen LogP contribution in [0, 0.1) is 12.8 Å². The van der Waals surface area contributed by atoms with Crippen LogP contribution in [-0.2, 0) is 4.79 Å². The van der Waals surface area contributed by atoms with E-state index >= 15 is 0 Å². The van der Waals surface area contributed by atoms with Crippen LogP contribution >= 0.6 is 11.3 Å². The van der Waals surface area contributed by atoms with Gasteiger partial charge in [0.2, 0.25) is 11.9 Å². The second kappa shape index (κ2) is 6.26. The van der Waals surface area contributed by atoms with Gasteiger partial charge in [0.15, 0.2) is 0 Å². The fourth-order valence-corrected chi connectivity index (χ4v) is 2.88. The predicted octanol–water partition coefficient (Wildman–Crippen LogP) is 1.79. The van der Waals surface area contributed by atoms with E-state index in [9.17, 15) is 4.79 Å². The lowest BCUT2D eigenvalue weighted by atomic mass is 10.2. The molecule has 0 atom stereocenters. The van der Waals surface area contributed by atoms with Gasteiger partial charge in [-0.2, -0.15) is 4.98 Å². The molecule has 2 aromatic rings. The summed E-state index contributed by atoms with van der Waals surface area (Å²) >= 11 is 1.57. The summed E-state index contributed by atoms with van der Waals surface area (Å²) in [6.07, 6.45) is 0. The average molecular weight is 307 g/mol. The number of anilines is 2. The Morgan fingerprint density at radius 2 is 2.19 bits per heavy atom. The maximum Gasteiger partial charge on any atom is 0.239 e. The number of amides is 1. The van der Waals surface area contributed by atoms with Crippen molar-refractivity contribution in [1.82, 2.24) is 15.3 Å². The van der Waals surface area contributed by atoms with E-state index in [4.69, 9.17) is 5.73 Å². The minimum atomic E-state index is -0.0246. The Balaban J connectivity index is 2.19. The van der Waals surface area contributed by atoms with Crippen molar-refractivity contribution in [3.05, 3.63) is 10.9 Å². The third-order valence-corrected chi connectivity index (χ3v) is 3.91. The number of nitrogens with two attached hydrogens (primary N) is 1. The molecule has 0 bridgehead atoms. The molecule has 114 valence electrons. The monoisotopic (exact) mass is 307 g/mol. The molecule has 1 amide bonds. The smallest absolute Gasteiger partial charge is 0.239 e. The van der Waals surface area contributed by atoms with E-state index in [1.165, 1.54) is 0 Å². The number of fused-ring (bicyclic) bond motifs is 1. The number of nitrogen functional groups attached to an aromatic ring is 1. The first-order valence-corrected chi connectivity index (χ1v) is 7.70. The molecule has 0 saturated heterocycles. The highest BCUT2D eigenvalue weighted by Gasteiger charge is 2.15. The van der Waals surface area contributed by atoms with Gasteiger partial charge in [-0.15, -0.1) is 11.3 Å². The van der Waals surface area contributed by atoms with Crippen molar-refractivity contribution < 1.29 is 4.79 Å². The minimum Gasteiger partial charge on any atom is -0.368 e. The zero-order valence-electron chi connectivity index (χ0n) is 12.8. The van der Waals surface area contributed by atoms with E-state index in [-0.39, 0.29) is 18.4 Å². The van der Waals surface area contributed by atoms with Crippen LogP contribution in [0.4, 0.5) is 11.8 Å². The maximum absolute atomic E-state index is 11.9. The van der Waals surface area contributed by atoms with Gasteiger partial charge < -0.3 is 16.0 Å². The predicted molar refractivity (Wildman–Crippen MR) is 87.7 cm³/mol. The second-order valence-corrected chi connectivity index (χ2v) is 6.77. The number of nitrogens with one attached hydrogen (secondary N) is 1. The van der Waals surface area contributed by atoms with E-state index in [0.717, 1.165) is 15.1 Å². The Morgan fingerprint density at radius 3 is 2.86 bits per heavy atom. The van der Waals surface area contributed by atoms with Crippen LogP contribution in [0.15, 0.2) is 6.07 Å². The van der Waals surface area contributed by atoms with Crippen molar-refractivity contribution in [2.75, 3.05) is 30.8 Å². The molecular weight excluding hydrogens is 286 g/mol. The van der Waals surface area contributed by atoms with Gasteiger partial charge in [0.05, 0.1) is 11.9 Å². The van der Waals surface area contributed by atoms with Gasteiger partial charge in [0, 0.05) is 18.5 Å². The largest absolute Gasteiger partial charge is 0.368 e. The summed E-state index contributed by atoms with van der Waals surface area (Å²) < 4.78 is 0. The van der Waals surface area contributed by atoms with Crippen LogP contribution < -0.4 is 16.0 Å². The number of carbonyl (C=O) groups excluding carboxylic acids is 1. The molecule has 0 spiro atoms. The van der Waals surface area contributed by atoms with Gasteiger partial charge in [0.25, 0.3) is 0 Å². The molecule has 0 aliphatic heterocycles. The number of aryl methyl sites for hydroxylation is 1. The van der Waals surface area contributed by atoms with E-state index in [1.54, 1.807) is 11.3 Å². The summed E-state index contributed by atoms with van der Waals surface area (Å²) in [5.41, 5.74) is 5.76. The minimum absolute atomic E-state index is 0.0246. The zero-order chi connectivity index (χ0) is 15.6. The van der Waals surface area contributed by atoms with Gasteiger partial charge in [-0.05, 0) is 18.9 Å². The summed E-state index contributed by atoms with van der Waals surface area (Å²) in [6, 6.07) is 2.03.